The molecule has 0 atom stereocenters. The lowest BCUT2D eigenvalue weighted by Gasteiger charge is -2.18. The maximum absolute atomic E-state index is 12.6. The van der Waals surface area contributed by atoms with Gasteiger partial charge in [0.1, 0.15) is 0 Å². The normalized spacial score (nSPS) is 12.2. The first-order chi connectivity index (χ1) is 17.3. The minimum atomic E-state index is -0.270. The molecule has 0 aliphatic carbocycles. The predicted octanol–water partition coefficient (Wildman–Crippen LogP) is 7.89. The minimum Gasteiger partial charge on any atom is -0.321 e. The predicted molar refractivity (Wildman–Crippen MR) is 157 cm³/mol. The van der Waals surface area contributed by atoms with Crippen LogP contribution in [0.2, 0.25) is 0 Å². The summed E-state index contributed by atoms with van der Waals surface area (Å²) >= 11 is 0. The van der Waals surface area contributed by atoms with Crippen LogP contribution in [0.25, 0.3) is 12.2 Å². The first kappa shape index (κ1) is 27.7. The molecule has 0 bridgehead atoms. The maximum atomic E-state index is 12.6. The molecule has 3 aromatic carbocycles. The summed E-state index contributed by atoms with van der Waals surface area (Å²) in [7, 11) is 0. The Morgan fingerprint density at radius 2 is 1.00 bits per heavy atom. The summed E-state index contributed by atoms with van der Waals surface area (Å²) in [6.07, 6.45) is 6.56. The zero-order chi connectivity index (χ0) is 27.2. The van der Waals surface area contributed by atoms with Gasteiger partial charge in [-0.3, -0.25) is 9.59 Å². The van der Waals surface area contributed by atoms with Gasteiger partial charge in [-0.25, -0.2) is 0 Å². The highest BCUT2D eigenvalue weighted by Crippen LogP contribution is 2.25. The van der Waals surface area contributed by atoms with E-state index in [2.05, 4.69) is 76.4 Å². The molecule has 0 saturated carbocycles. The van der Waals surface area contributed by atoms with Crippen molar-refractivity contribution in [1.82, 2.24) is 0 Å². The third-order valence-electron chi connectivity index (χ3n) is 6.10. The zero-order valence-corrected chi connectivity index (χ0v) is 23.0. The van der Waals surface area contributed by atoms with Crippen LogP contribution in [0.5, 0.6) is 0 Å². The lowest BCUT2D eigenvalue weighted by molar-refractivity contribution is -0.112. The van der Waals surface area contributed by atoms with E-state index < -0.39 is 0 Å². The number of hydrogen-bond acceptors (Lipinski definition) is 2. The summed E-state index contributed by atoms with van der Waals surface area (Å²) < 4.78 is 0. The number of amides is 2. The van der Waals surface area contributed by atoms with E-state index in [1.807, 2.05) is 43.3 Å². The summed E-state index contributed by atoms with van der Waals surface area (Å²) in [5.41, 5.74) is 6.60. The fraction of sp³-hybridized carbons (Fsp3) is 0.273. The summed E-state index contributed by atoms with van der Waals surface area (Å²) in [6, 6.07) is 21.9. The van der Waals surface area contributed by atoms with Crippen LogP contribution in [0.1, 0.15) is 69.4 Å². The number of nitrogens with one attached hydrogen (secondary N) is 2. The third kappa shape index (κ3) is 8.32. The number of carbonyl (C=O) groups is 2. The molecule has 0 radical (unpaired) electrons. The summed E-state index contributed by atoms with van der Waals surface area (Å²) in [6.45, 7) is 15.0. The second-order valence-electron chi connectivity index (χ2n) is 11.4. The Hall–Kier alpha value is -3.92. The molecule has 0 heterocycles. The number of hydrogen-bond donors (Lipinski definition) is 2. The molecule has 2 N–H and O–H groups in total. The zero-order valence-electron chi connectivity index (χ0n) is 23.0. The molecule has 3 aromatic rings. The standard InChI is InChI=1S/C33H38N2O2/c1-23-8-19-28(34-30(36)20-13-24-9-15-26(16-10-24)32(2,3)4)29(22-23)35-31(37)21-14-25-11-17-27(18-12-25)33(5,6)7/h8-22H,1-7H3,(H,34,36)(H,35,37). The molecule has 0 saturated heterocycles. The van der Waals surface area contributed by atoms with Crippen LogP contribution in [0.3, 0.4) is 0 Å². The second kappa shape index (κ2) is 11.4. The van der Waals surface area contributed by atoms with E-state index in [4.69, 9.17) is 0 Å². The van der Waals surface area contributed by atoms with Gasteiger partial charge in [-0.2, -0.15) is 0 Å². The minimum absolute atomic E-state index is 0.0810. The quantitative estimate of drug-likeness (QED) is 0.342. The molecule has 37 heavy (non-hydrogen) atoms. The lowest BCUT2D eigenvalue weighted by atomic mass is 9.87. The van der Waals surface area contributed by atoms with Crippen molar-refractivity contribution in [3.05, 3.63) is 107 Å². The molecule has 0 aromatic heterocycles. The van der Waals surface area contributed by atoms with E-state index in [0.29, 0.717) is 11.4 Å². The molecular weight excluding hydrogens is 456 g/mol. The highest BCUT2D eigenvalue weighted by molar-refractivity contribution is 6.08. The monoisotopic (exact) mass is 494 g/mol. The number of aryl methyl sites for hydroxylation is 1. The van der Waals surface area contributed by atoms with Crippen molar-refractivity contribution in [3.63, 3.8) is 0 Å². The molecule has 0 fully saturated rings. The van der Waals surface area contributed by atoms with Crippen LogP contribution in [-0.2, 0) is 20.4 Å². The topological polar surface area (TPSA) is 58.2 Å². The van der Waals surface area contributed by atoms with E-state index in [1.165, 1.54) is 23.3 Å². The van der Waals surface area contributed by atoms with Gasteiger partial charge in [0.2, 0.25) is 11.8 Å². The van der Waals surface area contributed by atoms with Crippen molar-refractivity contribution in [3.8, 4) is 0 Å². The van der Waals surface area contributed by atoms with Gasteiger partial charge in [-0.05, 0) is 69.9 Å². The van der Waals surface area contributed by atoms with Crippen molar-refractivity contribution < 1.29 is 9.59 Å². The molecule has 3 rings (SSSR count). The van der Waals surface area contributed by atoms with Crippen molar-refractivity contribution in [2.24, 2.45) is 0 Å². The fourth-order valence-electron chi connectivity index (χ4n) is 3.75. The van der Waals surface area contributed by atoms with Gasteiger partial charge in [-0.1, -0.05) is 96.1 Å². The van der Waals surface area contributed by atoms with Gasteiger partial charge in [0, 0.05) is 12.2 Å². The van der Waals surface area contributed by atoms with Crippen LogP contribution in [0, 0.1) is 6.92 Å². The summed E-state index contributed by atoms with van der Waals surface area (Å²) in [5.74, 6) is -0.538. The molecule has 192 valence electrons. The van der Waals surface area contributed by atoms with Crippen molar-refractivity contribution in [1.29, 1.82) is 0 Å². The van der Waals surface area contributed by atoms with Crippen molar-refractivity contribution >= 4 is 35.3 Å². The largest absolute Gasteiger partial charge is 0.321 e. The van der Waals surface area contributed by atoms with E-state index >= 15 is 0 Å². The van der Waals surface area contributed by atoms with Gasteiger partial charge < -0.3 is 10.6 Å². The average molecular weight is 495 g/mol. The molecule has 0 unspecified atom stereocenters. The van der Waals surface area contributed by atoms with Crippen LogP contribution in [-0.4, -0.2) is 11.8 Å². The highest BCUT2D eigenvalue weighted by atomic mass is 16.2. The first-order valence-electron chi connectivity index (χ1n) is 12.6. The third-order valence-corrected chi connectivity index (χ3v) is 6.10. The Kier molecular flexibility index (Phi) is 8.54. The smallest absolute Gasteiger partial charge is 0.248 e. The first-order valence-corrected chi connectivity index (χ1v) is 12.6. The average Bonchev–Trinajstić information content (AvgIpc) is 2.82. The van der Waals surface area contributed by atoms with Gasteiger partial charge in [0.05, 0.1) is 11.4 Å². The van der Waals surface area contributed by atoms with Crippen LogP contribution in [0.4, 0.5) is 11.4 Å². The van der Waals surface area contributed by atoms with Crippen molar-refractivity contribution in [2.75, 3.05) is 10.6 Å². The van der Waals surface area contributed by atoms with E-state index in [0.717, 1.165) is 16.7 Å². The van der Waals surface area contributed by atoms with Crippen LogP contribution < -0.4 is 10.6 Å². The van der Waals surface area contributed by atoms with E-state index in [9.17, 15) is 9.59 Å². The number of anilines is 2. The summed E-state index contributed by atoms with van der Waals surface area (Å²) in [4.78, 5) is 25.3. The second-order valence-corrected chi connectivity index (χ2v) is 11.4. The Labute approximate surface area is 221 Å². The Morgan fingerprint density at radius 1 is 0.595 bits per heavy atom. The molecule has 4 nitrogen and oxygen atoms in total. The number of benzene rings is 3. The maximum Gasteiger partial charge on any atom is 0.248 e. The Balaban J connectivity index is 1.66. The van der Waals surface area contributed by atoms with Crippen LogP contribution in [0.15, 0.2) is 78.9 Å². The SMILES string of the molecule is Cc1ccc(NC(=O)C=Cc2ccc(C(C)(C)C)cc2)c(NC(=O)C=Cc2ccc(C(C)(C)C)cc2)c1. The molecule has 0 aliphatic rings. The van der Waals surface area contributed by atoms with Crippen LogP contribution >= 0.6 is 0 Å². The van der Waals surface area contributed by atoms with Crippen molar-refractivity contribution in [2.45, 2.75) is 59.3 Å². The summed E-state index contributed by atoms with van der Waals surface area (Å²) in [5, 5.41) is 5.77. The van der Waals surface area contributed by atoms with Gasteiger partial charge >= 0.3 is 0 Å². The molecule has 0 spiro atoms. The van der Waals surface area contributed by atoms with E-state index in [-0.39, 0.29) is 22.6 Å². The Morgan fingerprint density at radius 3 is 1.41 bits per heavy atom. The lowest BCUT2D eigenvalue weighted by Crippen LogP contribution is -2.14. The molecule has 2 amide bonds. The van der Waals surface area contributed by atoms with E-state index in [1.54, 1.807) is 18.2 Å². The van der Waals surface area contributed by atoms with Gasteiger partial charge in [0.25, 0.3) is 0 Å². The fourth-order valence-corrected chi connectivity index (χ4v) is 3.75. The number of rotatable bonds is 6. The molecule has 4 heteroatoms. The van der Waals surface area contributed by atoms with Gasteiger partial charge in [0.15, 0.2) is 0 Å². The highest BCUT2D eigenvalue weighted by Gasteiger charge is 2.13. The van der Waals surface area contributed by atoms with Gasteiger partial charge in [-0.15, -0.1) is 0 Å². The Bertz CT molecular complexity index is 1300. The molecule has 0 aliphatic heterocycles. The number of carbonyl (C=O) groups excluding carboxylic acids is 2. The molecular formula is C33H38N2O2.